The standard InChI is InChI=1S/C17H24N2O3/c1-13(2)5-9-22-16-6-8-21-12-15(16)19-17(20)10-14-4-3-7-18-11-14/h3-5,7,11,15-16H,6,8-10,12H2,1-2H3,(H,19,20)/t15-,16+/m1/s1. The van der Waals surface area contributed by atoms with Crippen LogP contribution in [0.4, 0.5) is 0 Å². The molecule has 2 rings (SSSR count). The van der Waals surface area contributed by atoms with Gasteiger partial charge in [-0.3, -0.25) is 9.78 Å². The van der Waals surface area contributed by atoms with Gasteiger partial charge in [-0.1, -0.05) is 17.7 Å². The highest BCUT2D eigenvalue weighted by atomic mass is 16.5. The van der Waals surface area contributed by atoms with Crippen LogP contribution in [0, 0.1) is 0 Å². The van der Waals surface area contributed by atoms with Crippen molar-refractivity contribution in [3.05, 3.63) is 41.7 Å². The lowest BCUT2D eigenvalue weighted by molar-refractivity contribution is -0.125. The van der Waals surface area contributed by atoms with E-state index in [9.17, 15) is 4.79 Å². The topological polar surface area (TPSA) is 60.5 Å². The largest absolute Gasteiger partial charge is 0.379 e. The second-order valence-electron chi connectivity index (χ2n) is 5.73. The molecule has 0 aromatic carbocycles. The molecule has 2 heterocycles. The van der Waals surface area contributed by atoms with Gasteiger partial charge in [0.1, 0.15) is 0 Å². The molecule has 1 aliphatic rings. The minimum Gasteiger partial charge on any atom is -0.379 e. The van der Waals surface area contributed by atoms with Gasteiger partial charge in [0.15, 0.2) is 0 Å². The molecular weight excluding hydrogens is 280 g/mol. The summed E-state index contributed by atoms with van der Waals surface area (Å²) in [5.41, 5.74) is 2.13. The highest BCUT2D eigenvalue weighted by molar-refractivity contribution is 5.78. The molecule has 2 atom stereocenters. The molecule has 5 heteroatoms. The number of nitrogens with one attached hydrogen (secondary N) is 1. The molecule has 0 bridgehead atoms. The van der Waals surface area contributed by atoms with Crippen LogP contribution in [0.15, 0.2) is 36.2 Å². The van der Waals surface area contributed by atoms with E-state index in [0.29, 0.717) is 26.2 Å². The van der Waals surface area contributed by atoms with E-state index in [2.05, 4.69) is 10.3 Å². The summed E-state index contributed by atoms with van der Waals surface area (Å²) in [7, 11) is 0. The molecule has 1 N–H and O–H groups in total. The number of allylic oxidation sites excluding steroid dienone is 1. The Morgan fingerprint density at radius 1 is 1.55 bits per heavy atom. The van der Waals surface area contributed by atoms with Crippen LogP contribution in [0.1, 0.15) is 25.8 Å². The Labute approximate surface area is 131 Å². The monoisotopic (exact) mass is 304 g/mol. The van der Waals surface area contributed by atoms with Gasteiger partial charge >= 0.3 is 0 Å². The Hall–Kier alpha value is -1.72. The number of pyridine rings is 1. The Balaban J connectivity index is 1.85. The van der Waals surface area contributed by atoms with Crippen molar-refractivity contribution in [2.75, 3.05) is 19.8 Å². The van der Waals surface area contributed by atoms with Crippen LogP contribution in [0.25, 0.3) is 0 Å². The number of carbonyl (C=O) groups excluding carboxylic acids is 1. The minimum atomic E-state index is -0.0940. The van der Waals surface area contributed by atoms with Gasteiger partial charge in [0.2, 0.25) is 5.91 Å². The fourth-order valence-corrected chi connectivity index (χ4v) is 2.34. The lowest BCUT2D eigenvalue weighted by Crippen LogP contribution is -2.51. The number of hydrogen-bond acceptors (Lipinski definition) is 4. The normalized spacial score (nSPS) is 21.2. The van der Waals surface area contributed by atoms with E-state index < -0.39 is 0 Å². The van der Waals surface area contributed by atoms with E-state index in [4.69, 9.17) is 9.47 Å². The van der Waals surface area contributed by atoms with Crippen LogP contribution >= 0.6 is 0 Å². The fourth-order valence-electron chi connectivity index (χ4n) is 2.34. The first-order valence-corrected chi connectivity index (χ1v) is 7.66. The van der Waals surface area contributed by atoms with Crippen molar-refractivity contribution in [2.24, 2.45) is 0 Å². The van der Waals surface area contributed by atoms with Crippen molar-refractivity contribution in [1.29, 1.82) is 0 Å². The molecular formula is C17H24N2O3. The fraction of sp³-hybridized carbons (Fsp3) is 0.529. The van der Waals surface area contributed by atoms with Crippen molar-refractivity contribution >= 4 is 5.91 Å². The molecule has 1 aromatic heterocycles. The van der Waals surface area contributed by atoms with Gasteiger partial charge in [-0.15, -0.1) is 0 Å². The maximum atomic E-state index is 12.1. The Morgan fingerprint density at radius 3 is 3.14 bits per heavy atom. The lowest BCUT2D eigenvalue weighted by Gasteiger charge is -2.31. The Morgan fingerprint density at radius 2 is 2.41 bits per heavy atom. The first-order valence-electron chi connectivity index (χ1n) is 7.66. The Bertz CT molecular complexity index is 498. The predicted octanol–water partition coefficient (Wildman–Crippen LogP) is 1.88. The first-order chi connectivity index (χ1) is 10.6. The first kappa shape index (κ1) is 16.6. The van der Waals surface area contributed by atoms with E-state index in [-0.39, 0.29) is 18.1 Å². The van der Waals surface area contributed by atoms with E-state index in [1.165, 1.54) is 5.57 Å². The summed E-state index contributed by atoms with van der Waals surface area (Å²) in [6.07, 6.45) is 6.58. The van der Waals surface area contributed by atoms with Crippen molar-refractivity contribution < 1.29 is 14.3 Å². The Kier molecular flexibility index (Phi) is 6.55. The summed E-state index contributed by atoms with van der Waals surface area (Å²) in [6, 6.07) is 3.63. The van der Waals surface area contributed by atoms with E-state index in [1.54, 1.807) is 12.4 Å². The van der Waals surface area contributed by atoms with Gasteiger partial charge in [-0.2, -0.15) is 0 Å². The number of amides is 1. The van der Waals surface area contributed by atoms with Gasteiger partial charge in [0.25, 0.3) is 0 Å². The van der Waals surface area contributed by atoms with Crippen molar-refractivity contribution in [2.45, 2.75) is 38.8 Å². The number of hydrogen-bond donors (Lipinski definition) is 1. The molecule has 1 aromatic rings. The molecule has 1 amide bonds. The van der Waals surface area contributed by atoms with Gasteiger partial charge in [-0.05, 0) is 31.9 Å². The molecule has 0 aliphatic carbocycles. The van der Waals surface area contributed by atoms with Crippen LogP contribution < -0.4 is 5.32 Å². The third-order valence-corrected chi connectivity index (χ3v) is 3.53. The number of carbonyl (C=O) groups is 1. The van der Waals surface area contributed by atoms with Crippen LogP contribution in [-0.2, 0) is 20.7 Å². The minimum absolute atomic E-state index is 0.00204. The maximum absolute atomic E-state index is 12.1. The van der Waals surface area contributed by atoms with Gasteiger partial charge < -0.3 is 14.8 Å². The zero-order valence-electron chi connectivity index (χ0n) is 13.2. The molecule has 1 saturated heterocycles. The number of nitrogens with zero attached hydrogens (tertiary/aromatic N) is 1. The number of ether oxygens (including phenoxy) is 2. The van der Waals surface area contributed by atoms with Crippen molar-refractivity contribution in [1.82, 2.24) is 10.3 Å². The summed E-state index contributed by atoms with van der Waals surface area (Å²) >= 11 is 0. The second-order valence-corrected chi connectivity index (χ2v) is 5.73. The van der Waals surface area contributed by atoms with E-state index in [0.717, 1.165) is 12.0 Å². The van der Waals surface area contributed by atoms with Crippen LogP contribution in [0.5, 0.6) is 0 Å². The SMILES string of the molecule is CC(C)=CCO[C@H]1CCOC[C@H]1NC(=O)Cc1cccnc1. The maximum Gasteiger partial charge on any atom is 0.224 e. The zero-order valence-corrected chi connectivity index (χ0v) is 13.2. The average Bonchev–Trinajstić information content (AvgIpc) is 2.49. The van der Waals surface area contributed by atoms with Crippen LogP contribution in [0.3, 0.4) is 0 Å². The molecule has 1 fully saturated rings. The van der Waals surface area contributed by atoms with Crippen LogP contribution in [0.2, 0.25) is 0 Å². The number of rotatable bonds is 6. The smallest absolute Gasteiger partial charge is 0.224 e. The second kappa shape index (κ2) is 8.66. The molecule has 0 saturated carbocycles. The van der Waals surface area contributed by atoms with Crippen molar-refractivity contribution in [3.8, 4) is 0 Å². The number of aromatic nitrogens is 1. The molecule has 1 aliphatic heterocycles. The molecule has 120 valence electrons. The lowest BCUT2D eigenvalue weighted by atomic mass is 10.1. The van der Waals surface area contributed by atoms with Crippen LogP contribution in [-0.4, -0.2) is 42.9 Å². The quantitative estimate of drug-likeness (QED) is 0.815. The molecule has 5 nitrogen and oxygen atoms in total. The average molecular weight is 304 g/mol. The molecule has 0 unspecified atom stereocenters. The van der Waals surface area contributed by atoms with Gasteiger partial charge in [0.05, 0.1) is 31.8 Å². The van der Waals surface area contributed by atoms with E-state index in [1.807, 2.05) is 32.1 Å². The third kappa shape index (κ3) is 5.58. The third-order valence-electron chi connectivity index (χ3n) is 3.53. The van der Waals surface area contributed by atoms with Gasteiger partial charge in [-0.25, -0.2) is 0 Å². The summed E-state index contributed by atoms with van der Waals surface area (Å²) in [5, 5.41) is 3.02. The molecule has 22 heavy (non-hydrogen) atoms. The zero-order chi connectivity index (χ0) is 15.8. The highest BCUT2D eigenvalue weighted by Crippen LogP contribution is 2.13. The molecule has 0 radical (unpaired) electrons. The predicted molar refractivity (Wildman–Crippen MR) is 84.5 cm³/mol. The summed E-state index contributed by atoms with van der Waals surface area (Å²) < 4.78 is 11.3. The summed E-state index contributed by atoms with van der Waals surface area (Å²) in [6.45, 7) is 5.83. The van der Waals surface area contributed by atoms with Crippen molar-refractivity contribution in [3.63, 3.8) is 0 Å². The van der Waals surface area contributed by atoms with Gasteiger partial charge in [0, 0.05) is 19.0 Å². The van der Waals surface area contributed by atoms with E-state index >= 15 is 0 Å². The summed E-state index contributed by atoms with van der Waals surface area (Å²) in [4.78, 5) is 16.2. The molecule has 0 spiro atoms. The highest BCUT2D eigenvalue weighted by Gasteiger charge is 2.27. The summed E-state index contributed by atoms with van der Waals surface area (Å²) in [5.74, 6) is -0.0284.